The van der Waals surface area contributed by atoms with Crippen LogP contribution >= 0.6 is 0 Å². The quantitative estimate of drug-likeness (QED) is 0.356. The molecule has 9 atom stereocenters. The van der Waals surface area contributed by atoms with Crippen LogP contribution in [0.1, 0.15) is 98.3 Å². The van der Waals surface area contributed by atoms with E-state index in [0.717, 1.165) is 58.0 Å². The van der Waals surface area contributed by atoms with Gasteiger partial charge in [-0.15, -0.1) is 0 Å². The standard InChI is InChI=1S/C29H43NO4/c1-19(31)33-21-12-14-27(2)20(17-21)8-9-22-23-10-11-25(28(23,3)15-13-24(22)27)29(4,18-30)34-26-7-5-6-16-32-26/h8,21-26H,5-7,9-17H2,1-4H3/t21-,22+,23+,24+,25+,26+,27-,28-,29+/m0/s1. The molecule has 0 amide bonds. The van der Waals surface area contributed by atoms with E-state index < -0.39 is 5.60 Å². The predicted molar refractivity (Wildman–Crippen MR) is 129 cm³/mol. The highest BCUT2D eigenvalue weighted by atomic mass is 16.7. The van der Waals surface area contributed by atoms with Crippen molar-refractivity contribution in [3.8, 4) is 6.07 Å². The van der Waals surface area contributed by atoms with E-state index in [1.54, 1.807) is 0 Å². The lowest BCUT2D eigenvalue weighted by atomic mass is 9.47. The zero-order chi connectivity index (χ0) is 24.1. The summed E-state index contributed by atoms with van der Waals surface area (Å²) in [6, 6.07) is 2.62. The molecule has 4 aliphatic carbocycles. The van der Waals surface area contributed by atoms with Gasteiger partial charge in [0.1, 0.15) is 6.10 Å². The molecule has 0 radical (unpaired) electrons. The van der Waals surface area contributed by atoms with E-state index in [2.05, 4.69) is 26.0 Å². The van der Waals surface area contributed by atoms with Crippen LogP contribution in [-0.2, 0) is 19.0 Å². The van der Waals surface area contributed by atoms with E-state index in [1.807, 2.05) is 6.92 Å². The molecule has 34 heavy (non-hydrogen) atoms. The highest BCUT2D eigenvalue weighted by Crippen LogP contribution is 2.67. The number of allylic oxidation sites excluding steroid dienone is 1. The lowest BCUT2D eigenvalue weighted by Gasteiger charge is -2.58. The summed E-state index contributed by atoms with van der Waals surface area (Å²) in [4.78, 5) is 11.5. The molecule has 0 bridgehead atoms. The van der Waals surface area contributed by atoms with Crippen LogP contribution in [-0.4, -0.2) is 30.6 Å². The first kappa shape index (κ1) is 24.3. The minimum absolute atomic E-state index is 0.0496. The van der Waals surface area contributed by atoms with Crippen molar-refractivity contribution in [2.24, 2.45) is 34.5 Å². The summed E-state index contributed by atoms with van der Waals surface area (Å²) in [7, 11) is 0. The first-order chi connectivity index (χ1) is 16.2. The molecule has 0 aromatic carbocycles. The van der Waals surface area contributed by atoms with Gasteiger partial charge < -0.3 is 14.2 Å². The first-order valence-electron chi connectivity index (χ1n) is 13.8. The van der Waals surface area contributed by atoms with Crippen LogP contribution in [0.25, 0.3) is 0 Å². The molecule has 5 nitrogen and oxygen atoms in total. The average molecular weight is 470 g/mol. The van der Waals surface area contributed by atoms with Gasteiger partial charge in [0.05, 0.1) is 6.07 Å². The maximum atomic E-state index is 11.5. The Bertz CT molecular complexity index is 872. The van der Waals surface area contributed by atoms with Crippen LogP contribution in [0.2, 0.25) is 0 Å². The fraction of sp³-hybridized carbons (Fsp3) is 0.862. The van der Waals surface area contributed by atoms with Crippen molar-refractivity contribution in [2.75, 3.05) is 6.61 Å². The van der Waals surface area contributed by atoms with Crippen molar-refractivity contribution in [3.63, 3.8) is 0 Å². The smallest absolute Gasteiger partial charge is 0.302 e. The van der Waals surface area contributed by atoms with Crippen molar-refractivity contribution in [2.45, 2.75) is 116 Å². The number of ether oxygens (including phenoxy) is 3. The molecule has 0 N–H and O–H groups in total. The fourth-order valence-corrected chi connectivity index (χ4v) is 9.13. The second kappa shape index (κ2) is 8.93. The SMILES string of the molecule is CC(=O)O[C@H]1CC[C@@]2(C)C(=CC[C@@H]3[C@H]4CC[C@@H]([C@@](C)(C#N)O[C@@H]5CCCCO5)[C@@]4(C)CC[C@H]32)C1. The van der Waals surface area contributed by atoms with Crippen LogP contribution in [0.4, 0.5) is 0 Å². The summed E-state index contributed by atoms with van der Waals surface area (Å²) in [6.45, 7) is 9.25. The van der Waals surface area contributed by atoms with E-state index in [0.29, 0.717) is 17.8 Å². The lowest BCUT2D eigenvalue weighted by molar-refractivity contribution is -0.229. The van der Waals surface area contributed by atoms with Gasteiger partial charge in [0.15, 0.2) is 11.9 Å². The largest absolute Gasteiger partial charge is 0.462 e. The van der Waals surface area contributed by atoms with E-state index in [1.165, 1.54) is 31.8 Å². The monoisotopic (exact) mass is 469 g/mol. The number of nitrogens with zero attached hydrogens (tertiary/aromatic N) is 1. The van der Waals surface area contributed by atoms with Crippen molar-refractivity contribution < 1.29 is 19.0 Å². The number of esters is 1. The summed E-state index contributed by atoms with van der Waals surface area (Å²) in [5.74, 6) is 2.10. The van der Waals surface area contributed by atoms with Crippen LogP contribution in [0, 0.1) is 45.8 Å². The summed E-state index contributed by atoms with van der Waals surface area (Å²) in [5.41, 5.74) is 1.10. The van der Waals surface area contributed by atoms with Gasteiger partial charge in [-0.25, -0.2) is 0 Å². The van der Waals surface area contributed by atoms with Gasteiger partial charge in [-0.1, -0.05) is 25.5 Å². The highest BCUT2D eigenvalue weighted by molar-refractivity contribution is 5.66. The van der Waals surface area contributed by atoms with Gasteiger partial charge in [-0.3, -0.25) is 4.79 Å². The third-order valence-electron chi connectivity index (χ3n) is 10.8. The maximum Gasteiger partial charge on any atom is 0.302 e. The Labute approximate surface area is 205 Å². The number of carbonyl (C=O) groups is 1. The second-order valence-electron chi connectivity index (χ2n) is 12.5. The van der Waals surface area contributed by atoms with E-state index in [-0.39, 0.29) is 35.1 Å². The van der Waals surface area contributed by atoms with Crippen molar-refractivity contribution in [3.05, 3.63) is 11.6 Å². The molecule has 1 saturated heterocycles. The number of nitriles is 1. The Morgan fingerprint density at radius 3 is 2.68 bits per heavy atom. The lowest BCUT2D eigenvalue weighted by Crippen LogP contribution is -2.54. The zero-order valence-corrected chi connectivity index (χ0v) is 21.6. The van der Waals surface area contributed by atoms with Crippen LogP contribution in [0.15, 0.2) is 11.6 Å². The van der Waals surface area contributed by atoms with Gasteiger partial charge in [0, 0.05) is 25.9 Å². The van der Waals surface area contributed by atoms with Crippen molar-refractivity contribution in [1.29, 1.82) is 5.26 Å². The zero-order valence-electron chi connectivity index (χ0n) is 21.6. The third kappa shape index (κ3) is 3.94. The molecule has 4 fully saturated rings. The van der Waals surface area contributed by atoms with E-state index in [4.69, 9.17) is 14.2 Å². The summed E-state index contributed by atoms with van der Waals surface area (Å²) in [6.07, 6.45) is 14.2. The Hall–Kier alpha value is -1.38. The molecule has 5 aliphatic rings. The second-order valence-corrected chi connectivity index (χ2v) is 12.5. The predicted octanol–water partition coefficient (Wildman–Crippen LogP) is 6.32. The Kier molecular flexibility index (Phi) is 6.39. The number of rotatable bonds is 4. The third-order valence-corrected chi connectivity index (χ3v) is 10.8. The number of hydrogen-bond donors (Lipinski definition) is 0. The summed E-state index contributed by atoms with van der Waals surface area (Å²) < 4.78 is 18.0. The van der Waals surface area contributed by atoms with E-state index in [9.17, 15) is 10.1 Å². The first-order valence-corrected chi connectivity index (χ1v) is 13.8. The molecule has 0 unspecified atom stereocenters. The molecule has 1 heterocycles. The van der Waals surface area contributed by atoms with E-state index >= 15 is 0 Å². The molecule has 0 aromatic rings. The summed E-state index contributed by atoms with van der Waals surface area (Å²) >= 11 is 0. The normalized spacial score (nSPS) is 45.6. The van der Waals surface area contributed by atoms with Gasteiger partial charge in [0.2, 0.25) is 0 Å². The molecular formula is C29H43NO4. The molecule has 188 valence electrons. The number of hydrogen-bond acceptors (Lipinski definition) is 5. The van der Waals surface area contributed by atoms with Gasteiger partial charge in [-0.05, 0) is 99.7 Å². The molecule has 5 rings (SSSR count). The molecule has 0 aromatic heterocycles. The van der Waals surface area contributed by atoms with Gasteiger partial charge in [0.25, 0.3) is 0 Å². The minimum Gasteiger partial charge on any atom is -0.462 e. The average Bonchev–Trinajstić information content (AvgIpc) is 3.17. The molecule has 3 saturated carbocycles. The fourth-order valence-electron chi connectivity index (χ4n) is 9.13. The molecular weight excluding hydrogens is 426 g/mol. The highest BCUT2D eigenvalue weighted by Gasteiger charge is 2.62. The Morgan fingerprint density at radius 1 is 1.15 bits per heavy atom. The Morgan fingerprint density at radius 2 is 1.97 bits per heavy atom. The summed E-state index contributed by atoms with van der Waals surface area (Å²) in [5, 5.41) is 10.3. The maximum absolute atomic E-state index is 11.5. The van der Waals surface area contributed by atoms with Crippen LogP contribution in [0.3, 0.4) is 0 Å². The molecule has 0 spiro atoms. The molecule has 1 aliphatic heterocycles. The van der Waals surface area contributed by atoms with Gasteiger partial charge in [-0.2, -0.15) is 5.26 Å². The number of fused-ring (bicyclic) bond motifs is 5. The Balaban J connectivity index is 1.35. The van der Waals surface area contributed by atoms with Crippen LogP contribution < -0.4 is 0 Å². The minimum atomic E-state index is -0.792. The van der Waals surface area contributed by atoms with Crippen molar-refractivity contribution in [1.82, 2.24) is 0 Å². The molecule has 5 heteroatoms. The van der Waals surface area contributed by atoms with Crippen LogP contribution in [0.5, 0.6) is 0 Å². The number of carbonyl (C=O) groups excluding carboxylic acids is 1. The van der Waals surface area contributed by atoms with Crippen molar-refractivity contribution >= 4 is 5.97 Å². The van der Waals surface area contributed by atoms with Gasteiger partial charge >= 0.3 is 5.97 Å². The topological polar surface area (TPSA) is 68.6 Å².